The number of nitrogens with zero attached hydrogens (tertiary/aromatic N) is 1. The van der Waals surface area contributed by atoms with Gasteiger partial charge in [-0.15, -0.1) is 0 Å². The van der Waals surface area contributed by atoms with E-state index in [2.05, 4.69) is 18.7 Å². The van der Waals surface area contributed by atoms with E-state index < -0.39 is 6.29 Å². The molecule has 0 saturated heterocycles. The maximum Gasteiger partial charge on any atom is 0.164 e. The Morgan fingerprint density at radius 2 is 0.767 bits per heavy atom. The number of unbranched alkanes of at least 4 members (excludes halogenated alkanes) is 19. The van der Waals surface area contributed by atoms with E-state index in [0.717, 1.165) is 19.5 Å². The molecule has 182 valence electrons. The Hall–Kier alpha value is -0.120. The van der Waals surface area contributed by atoms with Crippen molar-refractivity contribution in [2.75, 3.05) is 19.6 Å². The molecule has 0 aliphatic carbocycles. The van der Waals surface area contributed by atoms with E-state index in [4.69, 9.17) is 10.2 Å². The van der Waals surface area contributed by atoms with E-state index in [1.165, 1.54) is 128 Å². The van der Waals surface area contributed by atoms with Gasteiger partial charge in [-0.3, -0.25) is 4.90 Å². The minimum Gasteiger partial charge on any atom is -0.367 e. The van der Waals surface area contributed by atoms with Crippen LogP contribution in [0.5, 0.6) is 0 Å². The van der Waals surface area contributed by atoms with Gasteiger partial charge in [0.05, 0.1) is 0 Å². The Morgan fingerprint density at radius 1 is 0.433 bits per heavy atom. The van der Waals surface area contributed by atoms with Crippen molar-refractivity contribution in [3.8, 4) is 0 Å². The Morgan fingerprint density at radius 3 is 1.07 bits per heavy atom. The molecule has 0 radical (unpaired) electrons. The molecule has 0 aromatic carbocycles. The van der Waals surface area contributed by atoms with Crippen molar-refractivity contribution < 1.29 is 10.2 Å². The zero-order chi connectivity index (χ0) is 22.1. The van der Waals surface area contributed by atoms with Gasteiger partial charge in [-0.1, -0.05) is 136 Å². The molecule has 0 aromatic rings. The van der Waals surface area contributed by atoms with E-state index in [1.54, 1.807) is 0 Å². The lowest BCUT2D eigenvalue weighted by atomic mass is 10.0. The molecule has 2 N–H and O–H groups in total. The number of rotatable bonds is 25. The van der Waals surface area contributed by atoms with Crippen molar-refractivity contribution in [3.05, 3.63) is 0 Å². The number of aliphatic hydroxyl groups excluding tert-OH is 1. The van der Waals surface area contributed by atoms with Crippen LogP contribution >= 0.6 is 0 Å². The molecular formula is C27H57NO2. The van der Waals surface area contributed by atoms with Crippen molar-refractivity contribution in [2.45, 2.75) is 155 Å². The molecular weight excluding hydrogens is 370 g/mol. The van der Waals surface area contributed by atoms with Gasteiger partial charge < -0.3 is 10.2 Å². The monoisotopic (exact) mass is 427 g/mol. The predicted molar refractivity (Wildman–Crippen MR) is 133 cm³/mol. The average Bonchev–Trinajstić information content (AvgIpc) is 2.72. The minimum absolute atomic E-state index is 0.396. The molecule has 3 heteroatoms. The molecule has 0 unspecified atom stereocenters. The van der Waals surface area contributed by atoms with Crippen molar-refractivity contribution in [1.29, 1.82) is 0 Å². The van der Waals surface area contributed by atoms with E-state index in [0.29, 0.717) is 6.54 Å². The summed E-state index contributed by atoms with van der Waals surface area (Å²) in [6.45, 7) is 6.81. The highest BCUT2D eigenvalue weighted by molar-refractivity contribution is 4.59. The molecule has 0 atom stereocenters. The van der Waals surface area contributed by atoms with Crippen molar-refractivity contribution in [2.24, 2.45) is 0 Å². The Bertz CT molecular complexity index is 309. The van der Waals surface area contributed by atoms with Gasteiger partial charge in [0.1, 0.15) is 0 Å². The fourth-order valence-electron chi connectivity index (χ4n) is 4.43. The van der Waals surface area contributed by atoms with Crippen LogP contribution in [0, 0.1) is 0 Å². The first-order valence-corrected chi connectivity index (χ1v) is 13.8. The molecule has 3 nitrogen and oxygen atoms in total. The zero-order valence-electron chi connectivity index (χ0n) is 20.9. The van der Waals surface area contributed by atoms with Gasteiger partial charge in [0, 0.05) is 6.54 Å². The van der Waals surface area contributed by atoms with Crippen molar-refractivity contribution in [1.82, 2.24) is 4.90 Å². The lowest BCUT2D eigenvalue weighted by molar-refractivity contribution is -0.0613. The summed E-state index contributed by atoms with van der Waals surface area (Å²) in [7, 11) is 0. The summed E-state index contributed by atoms with van der Waals surface area (Å²) in [5.74, 6) is 0. The summed E-state index contributed by atoms with van der Waals surface area (Å²) in [6.07, 6.45) is 28.1. The molecule has 30 heavy (non-hydrogen) atoms. The standard InChI is InChI=1S/C27H57NO2/c1-3-5-6-7-8-9-10-11-12-13-14-15-16-17-18-19-20-21-22-23-25-28(24-4-2)26-27(29)30/h27,29-30H,3-26H2,1-2H3. The Balaban J connectivity index is 3.17. The SMILES string of the molecule is CCCCCCCCCCCCCCCCCCCCCCN(CCC)CC(O)O. The van der Waals surface area contributed by atoms with Crippen LogP contribution in [0.15, 0.2) is 0 Å². The van der Waals surface area contributed by atoms with E-state index in [-0.39, 0.29) is 0 Å². The van der Waals surface area contributed by atoms with Gasteiger partial charge in [0.25, 0.3) is 0 Å². The fraction of sp³-hybridized carbons (Fsp3) is 1.00. The second-order valence-electron chi connectivity index (χ2n) is 9.50. The Labute approximate surface area is 190 Å². The van der Waals surface area contributed by atoms with Crippen LogP contribution in [0.2, 0.25) is 0 Å². The third kappa shape index (κ3) is 24.2. The van der Waals surface area contributed by atoms with Gasteiger partial charge in [-0.25, -0.2) is 0 Å². The lowest BCUT2D eigenvalue weighted by Gasteiger charge is -2.22. The molecule has 0 aliphatic rings. The number of aliphatic hydroxyl groups is 2. The number of hydrogen-bond acceptors (Lipinski definition) is 3. The van der Waals surface area contributed by atoms with Crippen molar-refractivity contribution in [3.63, 3.8) is 0 Å². The summed E-state index contributed by atoms with van der Waals surface area (Å²) >= 11 is 0. The maximum absolute atomic E-state index is 9.13. The fourth-order valence-corrected chi connectivity index (χ4v) is 4.43. The summed E-state index contributed by atoms with van der Waals surface area (Å²) in [5, 5.41) is 18.3. The molecule has 0 saturated carbocycles. The summed E-state index contributed by atoms with van der Waals surface area (Å²) in [5.41, 5.74) is 0. The van der Waals surface area contributed by atoms with E-state index in [9.17, 15) is 0 Å². The number of hydrogen-bond donors (Lipinski definition) is 2. The van der Waals surface area contributed by atoms with Crippen LogP contribution in [-0.2, 0) is 0 Å². The van der Waals surface area contributed by atoms with E-state index >= 15 is 0 Å². The second-order valence-corrected chi connectivity index (χ2v) is 9.50. The molecule has 0 aliphatic heterocycles. The highest BCUT2D eigenvalue weighted by Crippen LogP contribution is 2.15. The van der Waals surface area contributed by atoms with Crippen molar-refractivity contribution >= 4 is 0 Å². The largest absolute Gasteiger partial charge is 0.367 e. The topological polar surface area (TPSA) is 43.7 Å². The molecule has 0 amide bonds. The van der Waals surface area contributed by atoms with Gasteiger partial charge in [-0.2, -0.15) is 0 Å². The predicted octanol–water partition coefficient (Wildman–Crippen LogP) is 7.83. The molecule has 0 spiro atoms. The van der Waals surface area contributed by atoms with Gasteiger partial charge in [0.2, 0.25) is 0 Å². The van der Waals surface area contributed by atoms with Crippen LogP contribution in [-0.4, -0.2) is 41.0 Å². The lowest BCUT2D eigenvalue weighted by Crippen LogP contribution is -2.33. The third-order valence-corrected chi connectivity index (χ3v) is 6.29. The van der Waals surface area contributed by atoms with Gasteiger partial charge in [-0.05, 0) is 25.9 Å². The summed E-state index contributed by atoms with van der Waals surface area (Å²) in [4.78, 5) is 2.18. The highest BCUT2D eigenvalue weighted by Gasteiger charge is 2.07. The first kappa shape index (κ1) is 29.9. The normalized spacial score (nSPS) is 11.8. The van der Waals surface area contributed by atoms with Crippen LogP contribution in [0.3, 0.4) is 0 Å². The first-order valence-electron chi connectivity index (χ1n) is 13.8. The van der Waals surface area contributed by atoms with E-state index in [1.807, 2.05) is 0 Å². The van der Waals surface area contributed by atoms with Crippen LogP contribution in [0.4, 0.5) is 0 Å². The quantitative estimate of drug-likeness (QED) is 0.115. The highest BCUT2D eigenvalue weighted by atomic mass is 16.5. The third-order valence-electron chi connectivity index (χ3n) is 6.29. The molecule has 0 heterocycles. The first-order chi connectivity index (χ1) is 14.7. The van der Waals surface area contributed by atoms with Gasteiger partial charge in [0.15, 0.2) is 6.29 Å². The second kappa shape index (κ2) is 25.1. The smallest absolute Gasteiger partial charge is 0.164 e. The van der Waals surface area contributed by atoms with Crippen LogP contribution < -0.4 is 0 Å². The van der Waals surface area contributed by atoms with Crippen LogP contribution in [0.25, 0.3) is 0 Å². The minimum atomic E-state index is -1.19. The molecule has 0 aromatic heterocycles. The molecule has 0 fully saturated rings. The zero-order valence-corrected chi connectivity index (χ0v) is 20.9. The van der Waals surface area contributed by atoms with Crippen LogP contribution in [0.1, 0.15) is 149 Å². The average molecular weight is 428 g/mol. The maximum atomic E-state index is 9.13. The molecule has 0 bridgehead atoms. The molecule has 0 rings (SSSR count). The Kier molecular flexibility index (Phi) is 25.0. The van der Waals surface area contributed by atoms with Gasteiger partial charge >= 0.3 is 0 Å². The summed E-state index contributed by atoms with van der Waals surface area (Å²) in [6, 6.07) is 0. The summed E-state index contributed by atoms with van der Waals surface area (Å²) < 4.78 is 0.